The number of anilines is 3. The van der Waals surface area contributed by atoms with E-state index in [0.717, 1.165) is 51.6 Å². The molecule has 5 aromatic rings. The smallest absolute Gasteiger partial charge is 0.269 e. The highest BCUT2D eigenvalue weighted by atomic mass is 16.5. The highest BCUT2D eigenvalue weighted by molar-refractivity contribution is 6.03. The van der Waals surface area contributed by atoms with Crippen molar-refractivity contribution in [3.05, 3.63) is 95.6 Å². The number of pyridine rings is 2. The zero-order chi connectivity index (χ0) is 29.8. The van der Waals surface area contributed by atoms with Crippen LogP contribution in [0.15, 0.2) is 73.2 Å². The quantitative estimate of drug-likeness (QED) is 0.238. The van der Waals surface area contributed by atoms with Crippen molar-refractivity contribution in [3.63, 3.8) is 0 Å². The topological polar surface area (TPSA) is 112 Å². The van der Waals surface area contributed by atoms with E-state index < -0.39 is 5.91 Å². The Hall–Kier alpha value is -5.12. The van der Waals surface area contributed by atoms with Crippen LogP contribution in [-0.4, -0.2) is 46.7 Å². The molecule has 3 aromatic heterocycles. The van der Waals surface area contributed by atoms with Gasteiger partial charge in [0.05, 0.1) is 37.9 Å². The summed E-state index contributed by atoms with van der Waals surface area (Å²) < 4.78 is 12.5. The molecule has 0 saturated heterocycles. The van der Waals surface area contributed by atoms with Crippen LogP contribution in [0.25, 0.3) is 11.0 Å². The van der Waals surface area contributed by atoms with Crippen LogP contribution >= 0.6 is 0 Å². The molecule has 0 aliphatic rings. The SMILES string of the molecule is CCc1cc(N(Cc2ccc(OC)cc2)Cc2ccc(OC)cc2)ncc1N(C)c1cc2c(ncn2C)c(C(N)=O)n1. The number of fused-ring (bicyclic) bond motifs is 1. The maximum absolute atomic E-state index is 12.2. The summed E-state index contributed by atoms with van der Waals surface area (Å²) >= 11 is 0. The standard InChI is InChI=1S/C32H35N7O3/c1-6-23-15-28(34-17-27(23)38(3)29-16-26-30(35-20-37(26)2)31(36-29)32(33)40)39(18-21-7-11-24(41-4)12-8-21)19-22-9-13-25(42-5)14-10-22/h7-17,20H,6,18-19H2,1-5H3,(H2,33,40). The number of methoxy groups -OCH3 is 2. The fraction of sp³-hybridized carbons (Fsp3) is 0.250. The van der Waals surface area contributed by atoms with Gasteiger partial charge in [0.2, 0.25) is 0 Å². The van der Waals surface area contributed by atoms with Gasteiger partial charge >= 0.3 is 0 Å². The summed E-state index contributed by atoms with van der Waals surface area (Å²) in [5.74, 6) is 2.44. The third kappa shape index (κ3) is 5.83. The molecule has 0 unspecified atom stereocenters. The number of aromatic nitrogens is 4. The molecule has 0 bridgehead atoms. The summed E-state index contributed by atoms with van der Waals surface area (Å²) in [6, 6.07) is 20.2. The van der Waals surface area contributed by atoms with Gasteiger partial charge in [0, 0.05) is 33.3 Å². The fourth-order valence-electron chi connectivity index (χ4n) is 4.94. The van der Waals surface area contributed by atoms with E-state index in [-0.39, 0.29) is 5.69 Å². The van der Waals surface area contributed by atoms with E-state index in [4.69, 9.17) is 20.2 Å². The third-order valence-corrected chi connectivity index (χ3v) is 7.36. The van der Waals surface area contributed by atoms with Crippen LogP contribution < -0.4 is 25.0 Å². The minimum absolute atomic E-state index is 0.141. The largest absolute Gasteiger partial charge is 0.497 e. The van der Waals surface area contributed by atoms with E-state index in [1.807, 2.05) is 60.1 Å². The van der Waals surface area contributed by atoms with Gasteiger partial charge < -0.3 is 29.6 Å². The monoisotopic (exact) mass is 565 g/mol. The number of primary amides is 1. The molecule has 216 valence electrons. The molecule has 0 radical (unpaired) electrons. The molecule has 2 aromatic carbocycles. The van der Waals surface area contributed by atoms with E-state index in [9.17, 15) is 4.79 Å². The summed E-state index contributed by atoms with van der Waals surface area (Å²) in [5.41, 5.74) is 11.3. The number of carbonyl (C=O) groups excluding carboxylic acids is 1. The Bertz CT molecular complexity index is 1650. The van der Waals surface area contributed by atoms with Crippen molar-refractivity contribution in [2.45, 2.75) is 26.4 Å². The number of hydrogen-bond acceptors (Lipinski definition) is 8. The lowest BCUT2D eigenvalue weighted by atomic mass is 10.1. The van der Waals surface area contributed by atoms with Crippen molar-refractivity contribution >= 4 is 34.3 Å². The lowest BCUT2D eigenvalue weighted by molar-refractivity contribution is 0.0997. The van der Waals surface area contributed by atoms with Gasteiger partial charge in [0.25, 0.3) is 5.91 Å². The average Bonchev–Trinajstić information content (AvgIpc) is 3.40. The summed E-state index contributed by atoms with van der Waals surface area (Å²) in [7, 11) is 7.12. The second kappa shape index (κ2) is 12.2. The van der Waals surface area contributed by atoms with Crippen molar-refractivity contribution in [1.29, 1.82) is 0 Å². The van der Waals surface area contributed by atoms with Gasteiger partial charge in [-0.1, -0.05) is 31.2 Å². The Morgan fingerprint density at radius 2 is 1.50 bits per heavy atom. The first-order valence-corrected chi connectivity index (χ1v) is 13.7. The first-order valence-electron chi connectivity index (χ1n) is 13.7. The molecule has 10 heteroatoms. The molecular formula is C32H35N7O3. The lowest BCUT2D eigenvalue weighted by Crippen LogP contribution is -2.24. The highest BCUT2D eigenvalue weighted by Crippen LogP contribution is 2.32. The van der Waals surface area contributed by atoms with Crippen LogP contribution in [0.4, 0.5) is 17.3 Å². The minimum atomic E-state index is -0.620. The highest BCUT2D eigenvalue weighted by Gasteiger charge is 2.20. The second-order valence-corrected chi connectivity index (χ2v) is 10.1. The number of carbonyl (C=O) groups is 1. The molecular weight excluding hydrogens is 530 g/mol. The fourth-order valence-corrected chi connectivity index (χ4v) is 4.94. The zero-order valence-electron chi connectivity index (χ0n) is 24.5. The minimum Gasteiger partial charge on any atom is -0.497 e. The number of benzene rings is 2. The maximum atomic E-state index is 12.2. The molecule has 0 spiro atoms. The number of rotatable bonds is 11. The van der Waals surface area contributed by atoms with Gasteiger partial charge in [0.15, 0.2) is 5.69 Å². The van der Waals surface area contributed by atoms with Crippen molar-refractivity contribution in [2.24, 2.45) is 12.8 Å². The van der Waals surface area contributed by atoms with Crippen LogP contribution in [0.3, 0.4) is 0 Å². The summed E-state index contributed by atoms with van der Waals surface area (Å²) in [5, 5.41) is 0. The molecule has 0 saturated carbocycles. The van der Waals surface area contributed by atoms with E-state index in [1.165, 1.54) is 0 Å². The number of nitrogens with zero attached hydrogens (tertiary/aromatic N) is 6. The van der Waals surface area contributed by atoms with Crippen molar-refractivity contribution in [1.82, 2.24) is 19.5 Å². The van der Waals surface area contributed by atoms with Gasteiger partial charge in [-0.25, -0.2) is 15.0 Å². The Kier molecular flexibility index (Phi) is 8.24. The maximum Gasteiger partial charge on any atom is 0.269 e. The first kappa shape index (κ1) is 28.4. The molecule has 0 fully saturated rings. The number of amides is 1. The van der Waals surface area contributed by atoms with Gasteiger partial charge in [-0.15, -0.1) is 0 Å². The molecule has 42 heavy (non-hydrogen) atoms. The average molecular weight is 566 g/mol. The summed E-state index contributed by atoms with van der Waals surface area (Å²) in [6.45, 7) is 3.42. The Morgan fingerprint density at radius 1 is 0.905 bits per heavy atom. The van der Waals surface area contributed by atoms with E-state index in [2.05, 4.69) is 52.1 Å². The molecule has 2 N–H and O–H groups in total. The Labute approximate surface area is 245 Å². The van der Waals surface area contributed by atoms with Crippen LogP contribution in [0.2, 0.25) is 0 Å². The van der Waals surface area contributed by atoms with Gasteiger partial charge in [-0.3, -0.25) is 4.79 Å². The molecule has 1 amide bonds. The number of aryl methyl sites for hydroxylation is 2. The predicted octanol–water partition coefficient (Wildman–Crippen LogP) is 5.02. The molecule has 10 nitrogen and oxygen atoms in total. The van der Waals surface area contributed by atoms with Crippen LogP contribution in [-0.2, 0) is 26.6 Å². The number of imidazole rings is 1. The predicted molar refractivity (Wildman–Crippen MR) is 165 cm³/mol. The van der Waals surface area contributed by atoms with Crippen LogP contribution in [0.1, 0.15) is 34.1 Å². The molecule has 0 atom stereocenters. The van der Waals surface area contributed by atoms with E-state index in [1.54, 1.807) is 20.5 Å². The summed E-state index contributed by atoms with van der Waals surface area (Å²) in [6.07, 6.45) is 4.28. The number of nitrogens with two attached hydrogens (primary N) is 1. The zero-order valence-corrected chi connectivity index (χ0v) is 24.5. The van der Waals surface area contributed by atoms with Crippen molar-refractivity contribution < 1.29 is 14.3 Å². The Morgan fingerprint density at radius 3 is 2.02 bits per heavy atom. The van der Waals surface area contributed by atoms with Crippen molar-refractivity contribution in [2.75, 3.05) is 31.1 Å². The summed E-state index contributed by atoms with van der Waals surface area (Å²) in [4.78, 5) is 30.2. The normalized spacial score (nSPS) is 11.0. The Balaban J connectivity index is 1.51. The van der Waals surface area contributed by atoms with Crippen LogP contribution in [0, 0.1) is 0 Å². The van der Waals surface area contributed by atoms with Crippen molar-refractivity contribution in [3.8, 4) is 11.5 Å². The lowest BCUT2D eigenvalue weighted by Gasteiger charge is -2.27. The van der Waals surface area contributed by atoms with Gasteiger partial charge in [0.1, 0.15) is 28.7 Å². The van der Waals surface area contributed by atoms with Gasteiger partial charge in [-0.2, -0.15) is 0 Å². The molecule has 0 aliphatic heterocycles. The molecule has 0 aliphatic carbocycles. The molecule has 5 rings (SSSR count). The first-order chi connectivity index (χ1) is 20.3. The number of hydrogen-bond donors (Lipinski definition) is 1. The van der Waals surface area contributed by atoms with E-state index >= 15 is 0 Å². The third-order valence-electron chi connectivity index (χ3n) is 7.36. The molecule has 3 heterocycles. The van der Waals surface area contributed by atoms with Crippen LogP contribution in [0.5, 0.6) is 11.5 Å². The van der Waals surface area contributed by atoms with E-state index in [0.29, 0.717) is 24.4 Å². The number of ether oxygens (including phenoxy) is 2. The second-order valence-electron chi connectivity index (χ2n) is 10.1. The van der Waals surface area contributed by atoms with Gasteiger partial charge in [-0.05, 0) is 53.4 Å².